The van der Waals surface area contributed by atoms with Gasteiger partial charge in [0, 0.05) is 19.0 Å². The van der Waals surface area contributed by atoms with Crippen LogP contribution in [0.15, 0.2) is 41.3 Å². The van der Waals surface area contributed by atoms with E-state index in [1.54, 1.807) is 12.1 Å². The summed E-state index contributed by atoms with van der Waals surface area (Å²) in [6.07, 6.45) is 1.25. The number of aliphatic hydroxyl groups excluding tert-OH is 1. The first-order chi connectivity index (χ1) is 18.4. The molecule has 0 unspecified atom stereocenters. The third-order valence-electron chi connectivity index (χ3n) is 7.09. The Morgan fingerprint density at radius 1 is 1.21 bits per heavy atom. The van der Waals surface area contributed by atoms with Crippen molar-refractivity contribution >= 4 is 34.7 Å². The molecule has 13 heteroatoms. The smallest absolute Gasteiger partial charge is 0.416 e. The Morgan fingerprint density at radius 2 is 2.08 bits per heavy atom. The molecular formula is C25H25FN6O6. The lowest BCUT2D eigenvalue weighted by molar-refractivity contribution is -0.118. The summed E-state index contributed by atoms with van der Waals surface area (Å²) >= 11 is 0. The monoisotopic (exact) mass is 524 g/mol. The summed E-state index contributed by atoms with van der Waals surface area (Å²) < 4.78 is 26.0. The van der Waals surface area contributed by atoms with E-state index in [1.807, 2.05) is 0 Å². The number of aliphatic hydroxyl groups is 1. The number of halogens is 1. The van der Waals surface area contributed by atoms with Crippen molar-refractivity contribution in [3.8, 4) is 5.75 Å². The van der Waals surface area contributed by atoms with Crippen molar-refractivity contribution in [3.63, 3.8) is 0 Å². The molecule has 2 aromatic heterocycles. The number of nitrogens with zero attached hydrogens (tertiary/aromatic N) is 4. The van der Waals surface area contributed by atoms with Crippen LogP contribution in [0.2, 0.25) is 0 Å². The van der Waals surface area contributed by atoms with Gasteiger partial charge >= 0.3 is 6.09 Å². The van der Waals surface area contributed by atoms with Crippen molar-refractivity contribution in [3.05, 3.63) is 52.7 Å². The summed E-state index contributed by atoms with van der Waals surface area (Å²) in [6, 6.07) is 7.07. The van der Waals surface area contributed by atoms with Crippen molar-refractivity contribution in [1.29, 1.82) is 0 Å². The second-order valence-electron chi connectivity index (χ2n) is 9.62. The van der Waals surface area contributed by atoms with Gasteiger partial charge in [0.15, 0.2) is 18.2 Å². The molecule has 12 nitrogen and oxygen atoms in total. The van der Waals surface area contributed by atoms with Gasteiger partial charge in [-0.3, -0.25) is 14.5 Å². The average molecular weight is 525 g/mol. The molecule has 3 N–H and O–H groups in total. The van der Waals surface area contributed by atoms with E-state index < -0.39 is 23.6 Å². The van der Waals surface area contributed by atoms with Crippen LogP contribution in [-0.4, -0.2) is 69.1 Å². The normalized spacial score (nSPS) is 23.3. The van der Waals surface area contributed by atoms with E-state index in [-0.39, 0.29) is 49.6 Å². The Kier molecular flexibility index (Phi) is 6.16. The molecule has 2 aliphatic heterocycles. The van der Waals surface area contributed by atoms with Crippen LogP contribution in [-0.2, 0) is 16.1 Å². The molecule has 0 spiro atoms. The maximum Gasteiger partial charge on any atom is 0.416 e. The molecular weight excluding hydrogens is 499 g/mol. The van der Waals surface area contributed by atoms with Crippen molar-refractivity contribution in [2.75, 3.05) is 23.4 Å². The van der Waals surface area contributed by atoms with Crippen LogP contribution < -0.4 is 25.8 Å². The van der Waals surface area contributed by atoms with Gasteiger partial charge in [-0.05, 0) is 43.2 Å². The first-order valence-electron chi connectivity index (χ1n) is 12.4. The van der Waals surface area contributed by atoms with Gasteiger partial charge in [0.05, 0.1) is 35.9 Å². The molecule has 1 saturated carbocycles. The minimum absolute atomic E-state index is 0.0221. The summed E-state index contributed by atoms with van der Waals surface area (Å²) in [7, 11) is 0. The number of pyridine rings is 1. The van der Waals surface area contributed by atoms with Crippen LogP contribution in [0, 0.1) is 5.82 Å². The number of carbonyl (C=O) groups excluding carboxylic acids is 2. The molecule has 198 valence electrons. The molecule has 4 atom stereocenters. The maximum absolute atomic E-state index is 13.8. The third-order valence-corrected chi connectivity index (χ3v) is 7.09. The van der Waals surface area contributed by atoms with Gasteiger partial charge in [-0.15, -0.1) is 0 Å². The molecule has 3 aromatic rings. The quantitative estimate of drug-likeness (QED) is 0.432. The lowest BCUT2D eigenvalue weighted by Gasteiger charge is -2.33. The van der Waals surface area contributed by atoms with Crippen molar-refractivity contribution in [1.82, 2.24) is 19.9 Å². The number of aromatic nitrogens is 3. The number of rotatable bonds is 6. The van der Waals surface area contributed by atoms with E-state index >= 15 is 0 Å². The molecule has 3 aliphatic rings. The molecule has 2 fully saturated rings. The number of amides is 2. The molecule has 4 heterocycles. The molecule has 1 aliphatic carbocycles. The van der Waals surface area contributed by atoms with Crippen molar-refractivity contribution in [2.45, 2.75) is 50.1 Å². The number of fused-ring (bicyclic) bond motifs is 3. The van der Waals surface area contributed by atoms with Gasteiger partial charge in [0.25, 0.3) is 11.5 Å². The first-order valence-corrected chi connectivity index (χ1v) is 12.4. The summed E-state index contributed by atoms with van der Waals surface area (Å²) in [5.41, 5.74) is 0.347. The van der Waals surface area contributed by atoms with Crippen LogP contribution in [0.25, 0.3) is 11.0 Å². The Hall–Kier alpha value is -4.10. The van der Waals surface area contributed by atoms with Crippen molar-refractivity contribution < 1.29 is 28.6 Å². The zero-order valence-electron chi connectivity index (χ0n) is 20.2. The van der Waals surface area contributed by atoms with Gasteiger partial charge in [0.1, 0.15) is 17.7 Å². The predicted molar refractivity (Wildman–Crippen MR) is 133 cm³/mol. The molecule has 1 aromatic carbocycles. The van der Waals surface area contributed by atoms with Gasteiger partial charge in [0.2, 0.25) is 0 Å². The first kappa shape index (κ1) is 24.2. The Labute approximate surface area is 215 Å². The van der Waals surface area contributed by atoms with Gasteiger partial charge in [-0.2, -0.15) is 0 Å². The number of benzene rings is 1. The molecule has 38 heavy (non-hydrogen) atoms. The molecule has 1 saturated heterocycles. The van der Waals surface area contributed by atoms with E-state index in [0.717, 1.165) is 12.6 Å². The molecule has 0 radical (unpaired) electrons. The Bertz CT molecular complexity index is 1480. The number of ether oxygens (including phenoxy) is 2. The lowest BCUT2D eigenvalue weighted by Crippen LogP contribution is -2.47. The van der Waals surface area contributed by atoms with Crippen LogP contribution in [0.1, 0.15) is 19.3 Å². The third kappa shape index (κ3) is 4.54. The fourth-order valence-electron chi connectivity index (χ4n) is 5.29. The highest BCUT2D eigenvalue weighted by molar-refractivity contribution is 5.95. The minimum atomic E-state index is -0.918. The number of anilines is 2. The zero-order chi connectivity index (χ0) is 26.4. The lowest BCUT2D eigenvalue weighted by atomic mass is 9.88. The number of hydrogen-bond donors (Lipinski definition) is 3. The van der Waals surface area contributed by atoms with E-state index in [4.69, 9.17) is 9.47 Å². The van der Waals surface area contributed by atoms with E-state index in [1.165, 1.54) is 27.7 Å². The Morgan fingerprint density at radius 3 is 2.95 bits per heavy atom. The van der Waals surface area contributed by atoms with Gasteiger partial charge in [-0.25, -0.2) is 19.2 Å². The molecule has 2 amide bonds. The standard InChI is InChI=1S/C25H25FN6O6/c26-13-1-3-16-18(7-13)31(23(35)10-28-16)11-15(33)9-27-14-2-4-17-20(8-14)38-25(36)32(17)21-6-5-19-24(29-21)30-22(34)12-37-19/h1,3,5-7,10,14-15,17,20,27,33H,2,4,8-9,11-12H2,(H,29,30,34)/t14-,15+,17-,20-/m1/s1. The second kappa shape index (κ2) is 9.65. The highest BCUT2D eigenvalue weighted by Crippen LogP contribution is 2.37. The minimum Gasteiger partial charge on any atom is -0.480 e. The zero-order valence-corrected chi connectivity index (χ0v) is 20.2. The SMILES string of the molecule is O=C1COc2ccc(N3C(=O)O[C@@H]4C[C@H](NC[C@H](O)Cn5c(=O)cnc6ccc(F)cc65)CC[C@H]43)nc2N1. The summed E-state index contributed by atoms with van der Waals surface area (Å²) in [4.78, 5) is 46.7. The fourth-order valence-corrected chi connectivity index (χ4v) is 5.29. The fraction of sp³-hybridized carbons (Fsp3) is 0.400. The number of hydrogen-bond acceptors (Lipinski definition) is 9. The largest absolute Gasteiger partial charge is 0.480 e. The van der Waals surface area contributed by atoms with E-state index in [0.29, 0.717) is 35.4 Å². The predicted octanol–water partition coefficient (Wildman–Crippen LogP) is 1.16. The summed E-state index contributed by atoms with van der Waals surface area (Å²) in [6.45, 7) is 0.0828. The average Bonchev–Trinajstić information content (AvgIpc) is 3.23. The number of carbonyl (C=O) groups is 2. The summed E-state index contributed by atoms with van der Waals surface area (Å²) in [5.74, 6) is 0.276. The molecule has 6 rings (SSSR count). The van der Waals surface area contributed by atoms with Gasteiger partial charge in [-0.1, -0.05) is 0 Å². The maximum atomic E-state index is 13.8. The van der Waals surface area contributed by atoms with Crippen LogP contribution in [0.5, 0.6) is 5.75 Å². The second-order valence-corrected chi connectivity index (χ2v) is 9.62. The van der Waals surface area contributed by atoms with Crippen LogP contribution in [0.3, 0.4) is 0 Å². The highest BCUT2D eigenvalue weighted by Gasteiger charge is 2.46. The Balaban J connectivity index is 1.08. The van der Waals surface area contributed by atoms with E-state index in [9.17, 15) is 23.9 Å². The topological polar surface area (TPSA) is 148 Å². The molecule has 0 bridgehead atoms. The van der Waals surface area contributed by atoms with Crippen molar-refractivity contribution in [2.24, 2.45) is 0 Å². The highest BCUT2D eigenvalue weighted by atomic mass is 19.1. The van der Waals surface area contributed by atoms with Crippen LogP contribution in [0.4, 0.5) is 20.8 Å². The number of nitrogens with one attached hydrogen (secondary N) is 2. The van der Waals surface area contributed by atoms with Gasteiger partial charge < -0.3 is 29.8 Å². The summed E-state index contributed by atoms with van der Waals surface area (Å²) in [5, 5.41) is 16.6. The van der Waals surface area contributed by atoms with Crippen LogP contribution >= 0.6 is 0 Å². The van der Waals surface area contributed by atoms with E-state index in [2.05, 4.69) is 20.6 Å².